The fourth-order valence-corrected chi connectivity index (χ4v) is 3.14. The fourth-order valence-electron chi connectivity index (χ4n) is 3.14. The van der Waals surface area contributed by atoms with Gasteiger partial charge in [-0.2, -0.15) is 0 Å². The predicted octanol–water partition coefficient (Wildman–Crippen LogP) is 2.68. The van der Waals surface area contributed by atoms with E-state index >= 15 is 0 Å². The Bertz CT molecular complexity index is 832. The van der Waals surface area contributed by atoms with Gasteiger partial charge in [-0.3, -0.25) is 14.6 Å². The number of hydrogen-bond donors (Lipinski definition) is 1. The molecule has 142 valence electrons. The van der Waals surface area contributed by atoms with E-state index in [4.69, 9.17) is 0 Å². The number of nitrogens with zero attached hydrogens (tertiary/aromatic N) is 3. The van der Waals surface area contributed by atoms with E-state index in [9.17, 15) is 14.7 Å². The Hall–Kier alpha value is -2.89. The molecule has 0 unspecified atom stereocenters. The number of hydrogen-bond acceptors (Lipinski definition) is 4. The highest BCUT2D eigenvalue weighted by Gasteiger charge is 2.26. The molecule has 2 aromatic rings. The second kappa shape index (κ2) is 7.39. The second-order valence-electron chi connectivity index (χ2n) is 7.84. The molecule has 1 saturated heterocycles. The maximum absolute atomic E-state index is 12.7. The monoisotopic (exact) mass is 367 g/mol. The van der Waals surface area contributed by atoms with Gasteiger partial charge in [-0.1, -0.05) is 32.9 Å². The molecule has 6 heteroatoms. The first-order valence-corrected chi connectivity index (χ1v) is 9.09. The van der Waals surface area contributed by atoms with Gasteiger partial charge in [0.05, 0.1) is 11.8 Å². The smallest absolute Gasteiger partial charge is 0.255 e. The number of rotatable bonds is 2. The van der Waals surface area contributed by atoms with Gasteiger partial charge in [0.25, 0.3) is 11.8 Å². The molecule has 1 aromatic heterocycles. The molecule has 1 aliphatic rings. The molecule has 1 N–H and O–H groups in total. The van der Waals surface area contributed by atoms with Crippen molar-refractivity contribution in [2.75, 3.05) is 26.2 Å². The summed E-state index contributed by atoms with van der Waals surface area (Å²) < 4.78 is 0. The highest BCUT2D eigenvalue weighted by molar-refractivity contribution is 5.96. The molecule has 1 fully saturated rings. The van der Waals surface area contributed by atoms with Crippen molar-refractivity contribution in [3.63, 3.8) is 0 Å². The van der Waals surface area contributed by atoms with Gasteiger partial charge in [-0.05, 0) is 29.2 Å². The predicted molar refractivity (Wildman–Crippen MR) is 103 cm³/mol. The van der Waals surface area contributed by atoms with E-state index in [1.54, 1.807) is 9.80 Å². The summed E-state index contributed by atoms with van der Waals surface area (Å²) in [6, 6.07) is 9.16. The number of pyridine rings is 1. The van der Waals surface area contributed by atoms with Crippen LogP contribution in [0.3, 0.4) is 0 Å². The summed E-state index contributed by atoms with van der Waals surface area (Å²) >= 11 is 0. The average Bonchev–Trinajstić information content (AvgIpc) is 2.66. The van der Waals surface area contributed by atoms with Crippen molar-refractivity contribution in [2.24, 2.45) is 0 Å². The summed E-state index contributed by atoms with van der Waals surface area (Å²) in [6.45, 7) is 8.31. The lowest BCUT2D eigenvalue weighted by atomic mass is 9.86. The van der Waals surface area contributed by atoms with Crippen LogP contribution in [-0.4, -0.2) is 57.9 Å². The lowest BCUT2D eigenvalue weighted by Gasteiger charge is -2.35. The number of carbonyl (C=O) groups is 2. The van der Waals surface area contributed by atoms with Gasteiger partial charge in [-0.25, -0.2) is 0 Å². The lowest BCUT2D eigenvalue weighted by molar-refractivity contribution is 0.0535. The number of aromatic nitrogens is 1. The standard InChI is InChI=1S/C21H25N3O3/c1-21(2,3)17-6-4-15(5-7-17)19(26)23-8-10-24(11-9-23)20(27)16-12-18(25)14-22-13-16/h4-7,12-14,25H,8-11H2,1-3H3. The van der Waals surface area contributed by atoms with Gasteiger partial charge in [0.1, 0.15) is 5.75 Å². The third kappa shape index (κ3) is 4.27. The van der Waals surface area contributed by atoms with Gasteiger partial charge in [0.2, 0.25) is 0 Å². The Labute approximate surface area is 159 Å². The van der Waals surface area contributed by atoms with E-state index in [1.807, 2.05) is 24.3 Å². The Morgan fingerprint density at radius 1 is 0.889 bits per heavy atom. The quantitative estimate of drug-likeness (QED) is 0.886. The number of piperazine rings is 1. The van der Waals surface area contributed by atoms with Crippen LogP contribution in [0.5, 0.6) is 5.75 Å². The normalized spacial score (nSPS) is 14.9. The summed E-state index contributed by atoms with van der Waals surface area (Å²) in [4.78, 5) is 32.5. The lowest BCUT2D eigenvalue weighted by Crippen LogP contribution is -2.50. The van der Waals surface area contributed by atoms with E-state index in [0.717, 1.165) is 0 Å². The minimum Gasteiger partial charge on any atom is -0.506 e. The van der Waals surface area contributed by atoms with Crippen LogP contribution >= 0.6 is 0 Å². The fraction of sp³-hybridized carbons (Fsp3) is 0.381. The van der Waals surface area contributed by atoms with E-state index in [1.165, 1.54) is 24.0 Å². The molecule has 0 radical (unpaired) electrons. The molecule has 0 bridgehead atoms. The summed E-state index contributed by atoms with van der Waals surface area (Å²) in [5, 5.41) is 9.48. The minimum atomic E-state index is -0.181. The topological polar surface area (TPSA) is 73.7 Å². The van der Waals surface area contributed by atoms with Crippen LogP contribution < -0.4 is 0 Å². The highest BCUT2D eigenvalue weighted by atomic mass is 16.3. The van der Waals surface area contributed by atoms with Crippen LogP contribution in [0, 0.1) is 0 Å². The van der Waals surface area contributed by atoms with Gasteiger partial charge in [0.15, 0.2) is 0 Å². The zero-order valence-corrected chi connectivity index (χ0v) is 16.0. The number of aromatic hydroxyl groups is 1. The second-order valence-corrected chi connectivity index (χ2v) is 7.84. The van der Waals surface area contributed by atoms with Crippen LogP contribution in [-0.2, 0) is 5.41 Å². The number of amides is 2. The summed E-state index contributed by atoms with van der Waals surface area (Å²) in [7, 11) is 0. The Balaban J connectivity index is 1.61. The van der Waals surface area contributed by atoms with E-state index < -0.39 is 0 Å². The van der Waals surface area contributed by atoms with E-state index in [-0.39, 0.29) is 23.0 Å². The van der Waals surface area contributed by atoms with Gasteiger partial charge >= 0.3 is 0 Å². The van der Waals surface area contributed by atoms with Crippen molar-refractivity contribution in [1.29, 1.82) is 0 Å². The first kappa shape index (κ1) is 18.9. The van der Waals surface area contributed by atoms with Crippen LogP contribution in [0.4, 0.5) is 0 Å². The minimum absolute atomic E-state index is 0.0124. The summed E-state index contributed by atoms with van der Waals surface area (Å²) in [5.74, 6) is -0.227. The van der Waals surface area contributed by atoms with Gasteiger partial charge in [-0.15, -0.1) is 0 Å². The highest BCUT2D eigenvalue weighted by Crippen LogP contribution is 2.23. The van der Waals surface area contributed by atoms with E-state index in [0.29, 0.717) is 37.3 Å². The van der Waals surface area contributed by atoms with Crippen molar-refractivity contribution in [3.05, 3.63) is 59.4 Å². The van der Waals surface area contributed by atoms with Crippen molar-refractivity contribution in [3.8, 4) is 5.75 Å². The van der Waals surface area contributed by atoms with Crippen molar-refractivity contribution >= 4 is 11.8 Å². The summed E-state index contributed by atoms with van der Waals surface area (Å²) in [6.07, 6.45) is 2.73. The zero-order valence-electron chi connectivity index (χ0n) is 16.0. The third-order valence-corrected chi connectivity index (χ3v) is 4.82. The Morgan fingerprint density at radius 2 is 1.41 bits per heavy atom. The zero-order chi connectivity index (χ0) is 19.6. The van der Waals surface area contributed by atoms with E-state index in [2.05, 4.69) is 25.8 Å². The third-order valence-electron chi connectivity index (χ3n) is 4.82. The molecule has 0 saturated carbocycles. The number of benzene rings is 1. The Kier molecular flexibility index (Phi) is 5.17. The molecule has 6 nitrogen and oxygen atoms in total. The Morgan fingerprint density at radius 3 is 1.89 bits per heavy atom. The van der Waals surface area contributed by atoms with Crippen molar-refractivity contribution in [1.82, 2.24) is 14.8 Å². The van der Waals surface area contributed by atoms with Crippen molar-refractivity contribution in [2.45, 2.75) is 26.2 Å². The molecule has 0 aliphatic carbocycles. The molecule has 0 atom stereocenters. The SMILES string of the molecule is CC(C)(C)c1ccc(C(=O)N2CCN(C(=O)c3cncc(O)c3)CC2)cc1. The first-order valence-electron chi connectivity index (χ1n) is 9.09. The average molecular weight is 367 g/mol. The van der Waals surface area contributed by atoms with Crippen molar-refractivity contribution < 1.29 is 14.7 Å². The van der Waals surface area contributed by atoms with Gasteiger partial charge in [0, 0.05) is 37.9 Å². The molecular weight excluding hydrogens is 342 g/mol. The molecule has 27 heavy (non-hydrogen) atoms. The number of carbonyl (C=O) groups excluding carboxylic acids is 2. The summed E-state index contributed by atoms with van der Waals surface area (Å²) in [5.41, 5.74) is 2.26. The van der Waals surface area contributed by atoms with Crippen LogP contribution in [0.1, 0.15) is 47.1 Å². The largest absolute Gasteiger partial charge is 0.506 e. The molecule has 1 aliphatic heterocycles. The maximum Gasteiger partial charge on any atom is 0.255 e. The van der Waals surface area contributed by atoms with Crippen LogP contribution in [0.25, 0.3) is 0 Å². The van der Waals surface area contributed by atoms with Crippen LogP contribution in [0.15, 0.2) is 42.7 Å². The molecule has 3 rings (SSSR count). The van der Waals surface area contributed by atoms with Crippen LogP contribution in [0.2, 0.25) is 0 Å². The maximum atomic E-state index is 12.7. The molecule has 2 heterocycles. The first-order chi connectivity index (χ1) is 12.8. The molecule has 1 aromatic carbocycles. The molecular formula is C21H25N3O3. The van der Waals surface area contributed by atoms with Gasteiger partial charge < -0.3 is 14.9 Å². The molecule has 2 amide bonds. The molecule has 0 spiro atoms.